The summed E-state index contributed by atoms with van der Waals surface area (Å²) in [5, 5.41) is 12.6. The summed E-state index contributed by atoms with van der Waals surface area (Å²) < 4.78 is 0. The largest absolute Gasteiger partial charge is 0.392 e. The van der Waals surface area contributed by atoms with Gasteiger partial charge in [-0.2, -0.15) is 0 Å². The molecule has 0 heterocycles. The van der Waals surface area contributed by atoms with Crippen molar-refractivity contribution in [3.05, 3.63) is 0 Å². The maximum absolute atomic E-state index is 9.44. The molecule has 11 heavy (non-hydrogen) atoms. The van der Waals surface area contributed by atoms with Gasteiger partial charge in [-0.25, -0.2) is 0 Å². The third kappa shape index (κ3) is 4.35. The summed E-state index contributed by atoms with van der Waals surface area (Å²) in [6.07, 6.45) is 1.52. The third-order valence-electron chi connectivity index (χ3n) is 1.87. The number of nitrogens with two attached hydrogens (primary N) is 1. The van der Waals surface area contributed by atoms with Crippen molar-refractivity contribution in [1.29, 1.82) is 0 Å². The second-order valence-electron chi connectivity index (χ2n) is 2.73. The van der Waals surface area contributed by atoms with E-state index in [1.165, 1.54) is 0 Å². The van der Waals surface area contributed by atoms with Crippen LogP contribution in [0.4, 0.5) is 0 Å². The van der Waals surface area contributed by atoms with Crippen molar-refractivity contribution in [3.8, 4) is 0 Å². The fourth-order valence-electron chi connectivity index (χ4n) is 1.11. The first-order valence-electron chi connectivity index (χ1n) is 4.37. The Morgan fingerprint density at radius 3 is 2.36 bits per heavy atom. The van der Waals surface area contributed by atoms with E-state index in [4.69, 9.17) is 5.73 Å². The van der Waals surface area contributed by atoms with Crippen LogP contribution in [0.15, 0.2) is 0 Å². The highest BCUT2D eigenvalue weighted by Crippen LogP contribution is 2.01. The van der Waals surface area contributed by atoms with Gasteiger partial charge in [0.25, 0.3) is 0 Å². The van der Waals surface area contributed by atoms with Gasteiger partial charge in [0.05, 0.1) is 6.10 Å². The van der Waals surface area contributed by atoms with Crippen molar-refractivity contribution >= 4 is 0 Å². The summed E-state index contributed by atoms with van der Waals surface area (Å²) in [5.41, 5.74) is 5.33. The number of aliphatic hydroxyl groups is 1. The van der Waals surface area contributed by atoms with E-state index in [0.29, 0.717) is 6.54 Å². The lowest BCUT2D eigenvalue weighted by Gasteiger charge is -2.21. The van der Waals surface area contributed by atoms with E-state index in [0.717, 1.165) is 19.4 Å². The predicted octanol–water partition coefficient (Wildman–Crippen LogP) is 0.0842. The Morgan fingerprint density at radius 2 is 2.00 bits per heavy atom. The number of hydrogen-bond donors (Lipinski definition) is 3. The third-order valence-corrected chi connectivity index (χ3v) is 1.87. The molecule has 3 heteroatoms. The normalized spacial score (nSPS) is 16.4. The molecule has 0 amide bonds. The smallest absolute Gasteiger partial charge is 0.0690 e. The van der Waals surface area contributed by atoms with Gasteiger partial charge in [0.15, 0.2) is 0 Å². The summed E-state index contributed by atoms with van der Waals surface area (Å²) in [6.45, 7) is 5.47. The second-order valence-corrected chi connectivity index (χ2v) is 2.73. The van der Waals surface area contributed by atoms with Crippen LogP contribution >= 0.6 is 0 Å². The Balaban J connectivity index is 3.56. The van der Waals surface area contributed by atoms with E-state index >= 15 is 0 Å². The molecule has 0 aromatic rings. The van der Waals surface area contributed by atoms with E-state index < -0.39 is 0 Å². The highest BCUT2D eigenvalue weighted by Gasteiger charge is 2.13. The molecule has 0 aromatic carbocycles. The molecule has 0 aliphatic rings. The first-order chi connectivity index (χ1) is 5.26. The van der Waals surface area contributed by atoms with E-state index in [1.54, 1.807) is 0 Å². The Hall–Kier alpha value is -0.120. The van der Waals surface area contributed by atoms with Crippen LogP contribution in [0.1, 0.15) is 26.7 Å². The van der Waals surface area contributed by atoms with Gasteiger partial charge in [-0.05, 0) is 12.8 Å². The van der Waals surface area contributed by atoms with E-state index in [-0.39, 0.29) is 12.1 Å². The van der Waals surface area contributed by atoms with Crippen molar-refractivity contribution in [1.82, 2.24) is 5.32 Å². The fraction of sp³-hybridized carbons (Fsp3) is 1.00. The number of aliphatic hydroxyl groups excluding tert-OH is 1. The molecule has 4 N–H and O–H groups in total. The van der Waals surface area contributed by atoms with Gasteiger partial charge in [0.2, 0.25) is 0 Å². The maximum Gasteiger partial charge on any atom is 0.0690 e. The second kappa shape index (κ2) is 6.58. The lowest BCUT2D eigenvalue weighted by Crippen LogP contribution is -2.41. The molecule has 0 saturated carbocycles. The zero-order chi connectivity index (χ0) is 8.69. The van der Waals surface area contributed by atoms with Gasteiger partial charge in [-0.3, -0.25) is 0 Å². The zero-order valence-electron chi connectivity index (χ0n) is 7.51. The quantitative estimate of drug-likeness (QED) is 0.516. The zero-order valence-corrected chi connectivity index (χ0v) is 7.51. The predicted molar refractivity (Wildman–Crippen MR) is 47.4 cm³/mol. The monoisotopic (exact) mass is 160 g/mol. The van der Waals surface area contributed by atoms with Crippen LogP contribution < -0.4 is 11.1 Å². The van der Waals surface area contributed by atoms with E-state index in [2.05, 4.69) is 12.2 Å². The molecule has 0 rings (SSSR count). The first-order valence-corrected chi connectivity index (χ1v) is 4.37. The van der Waals surface area contributed by atoms with Crippen molar-refractivity contribution in [2.45, 2.75) is 38.8 Å². The maximum atomic E-state index is 9.44. The van der Waals surface area contributed by atoms with Gasteiger partial charge >= 0.3 is 0 Å². The van der Waals surface area contributed by atoms with Crippen LogP contribution in [0.3, 0.4) is 0 Å². The number of nitrogens with one attached hydrogen (secondary N) is 1. The molecule has 0 aliphatic heterocycles. The molecule has 0 aromatic heterocycles. The lowest BCUT2D eigenvalue weighted by atomic mass is 10.1. The molecule has 0 saturated heterocycles. The van der Waals surface area contributed by atoms with Crippen molar-refractivity contribution in [2.75, 3.05) is 13.1 Å². The molecule has 0 fully saturated rings. The summed E-state index contributed by atoms with van der Waals surface area (Å²) >= 11 is 0. The first kappa shape index (κ1) is 10.9. The Kier molecular flexibility index (Phi) is 6.51. The molecular formula is C8H20N2O. The van der Waals surface area contributed by atoms with Gasteiger partial charge in [-0.1, -0.05) is 13.8 Å². The average Bonchev–Trinajstić information content (AvgIpc) is 2.05. The molecule has 0 radical (unpaired) electrons. The van der Waals surface area contributed by atoms with Gasteiger partial charge < -0.3 is 16.2 Å². The summed E-state index contributed by atoms with van der Waals surface area (Å²) in [7, 11) is 0. The Bertz CT molecular complexity index is 88.2. The standard InChI is InChI=1S/C8H20N2O/c1-3-7(8(11)4-2)10-6-5-9/h7-8,10-11H,3-6,9H2,1-2H3. The van der Waals surface area contributed by atoms with Crippen molar-refractivity contribution in [2.24, 2.45) is 5.73 Å². The van der Waals surface area contributed by atoms with Gasteiger partial charge in [-0.15, -0.1) is 0 Å². The molecular weight excluding hydrogens is 140 g/mol. The van der Waals surface area contributed by atoms with E-state index in [1.807, 2.05) is 6.92 Å². The molecule has 2 unspecified atom stereocenters. The molecule has 3 nitrogen and oxygen atoms in total. The van der Waals surface area contributed by atoms with Crippen LogP contribution in [-0.2, 0) is 0 Å². The Labute approximate surface area is 69.0 Å². The van der Waals surface area contributed by atoms with Crippen molar-refractivity contribution < 1.29 is 5.11 Å². The van der Waals surface area contributed by atoms with E-state index in [9.17, 15) is 5.11 Å². The Morgan fingerprint density at radius 1 is 1.36 bits per heavy atom. The molecule has 2 atom stereocenters. The lowest BCUT2D eigenvalue weighted by molar-refractivity contribution is 0.121. The number of rotatable bonds is 6. The van der Waals surface area contributed by atoms with Gasteiger partial charge in [0.1, 0.15) is 0 Å². The summed E-state index contributed by atoms with van der Waals surface area (Å²) in [5.74, 6) is 0. The topological polar surface area (TPSA) is 58.3 Å². The minimum absolute atomic E-state index is 0.212. The minimum atomic E-state index is -0.230. The van der Waals surface area contributed by atoms with Crippen LogP contribution in [-0.4, -0.2) is 30.3 Å². The van der Waals surface area contributed by atoms with Crippen LogP contribution in [0.25, 0.3) is 0 Å². The summed E-state index contributed by atoms with van der Waals surface area (Å²) in [6, 6.07) is 0.212. The average molecular weight is 160 g/mol. The van der Waals surface area contributed by atoms with Crippen molar-refractivity contribution in [3.63, 3.8) is 0 Å². The highest BCUT2D eigenvalue weighted by atomic mass is 16.3. The SMILES string of the molecule is CCC(O)C(CC)NCCN. The minimum Gasteiger partial charge on any atom is -0.392 e. The fourth-order valence-corrected chi connectivity index (χ4v) is 1.11. The summed E-state index contributed by atoms with van der Waals surface area (Å²) in [4.78, 5) is 0. The molecule has 0 aliphatic carbocycles. The highest BCUT2D eigenvalue weighted by molar-refractivity contribution is 4.72. The van der Waals surface area contributed by atoms with Gasteiger partial charge in [0, 0.05) is 19.1 Å². The van der Waals surface area contributed by atoms with Crippen LogP contribution in [0, 0.1) is 0 Å². The van der Waals surface area contributed by atoms with Crippen LogP contribution in [0.2, 0.25) is 0 Å². The molecule has 68 valence electrons. The molecule has 0 spiro atoms. The number of hydrogen-bond acceptors (Lipinski definition) is 3. The molecule has 0 bridgehead atoms. The van der Waals surface area contributed by atoms with Crippen LogP contribution in [0.5, 0.6) is 0 Å².